The largest absolute Gasteiger partial charge is 1.00 e. The molecule has 0 N–H and O–H groups in total. The summed E-state index contributed by atoms with van der Waals surface area (Å²) in [6.07, 6.45) is -0.561. The molecule has 0 bridgehead atoms. The number of rotatable bonds is 5. The minimum Gasteiger partial charge on any atom is -0.465 e. The summed E-state index contributed by atoms with van der Waals surface area (Å²) in [6, 6.07) is 0. The molecule has 1 rings (SSSR count). The number of carbonyl (C=O) groups is 2. The predicted molar refractivity (Wildman–Crippen MR) is 53.1 cm³/mol. The van der Waals surface area contributed by atoms with Gasteiger partial charge in [0.15, 0.2) is 0 Å². The van der Waals surface area contributed by atoms with Gasteiger partial charge in [-0.15, -0.1) is 0 Å². The van der Waals surface area contributed by atoms with E-state index in [0.717, 1.165) is 0 Å². The molecule has 0 amide bonds. The van der Waals surface area contributed by atoms with Crippen LogP contribution in [-0.2, 0) is 19.1 Å². The van der Waals surface area contributed by atoms with Crippen molar-refractivity contribution in [3.8, 4) is 0 Å². The van der Waals surface area contributed by atoms with E-state index in [0.29, 0.717) is 0 Å². The standard InChI is InChI=1S/C9H13BF3O4.K/c1-3-16-7(14)9(8(15)17-4-2)5-6(9)10(11,12)13;/h6H,3-5H2,1-2H3;/q-1;+1. The molecule has 1 atom stereocenters. The molecule has 0 aromatic rings. The third kappa shape index (κ3) is 3.50. The van der Waals surface area contributed by atoms with Crippen molar-refractivity contribution in [1.29, 1.82) is 0 Å². The van der Waals surface area contributed by atoms with Crippen molar-refractivity contribution in [3.63, 3.8) is 0 Å². The van der Waals surface area contributed by atoms with Crippen LogP contribution < -0.4 is 51.4 Å². The van der Waals surface area contributed by atoms with Gasteiger partial charge >= 0.3 is 70.3 Å². The summed E-state index contributed by atoms with van der Waals surface area (Å²) in [5, 5.41) is 0. The van der Waals surface area contributed by atoms with E-state index >= 15 is 0 Å². The molecular weight excluding hydrogens is 279 g/mol. The predicted octanol–water partition coefficient (Wildman–Crippen LogP) is -1.28. The van der Waals surface area contributed by atoms with Crippen LogP contribution in [0.25, 0.3) is 0 Å². The number of halogens is 3. The van der Waals surface area contributed by atoms with E-state index in [1.165, 1.54) is 13.8 Å². The molecule has 0 saturated heterocycles. The topological polar surface area (TPSA) is 52.6 Å². The monoisotopic (exact) mass is 292 g/mol. The zero-order chi connectivity index (χ0) is 13.3. The maximum atomic E-state index is 12.6. The van der Waals surface area contributed by atoms with Gasteiger partial charge in [0.2, 0.25) is 0 Å². The molecule has 0 aromatic carbocycles. The van der Waals surface area contributed by atoms with Crippen molar-refractivity contribution in [1.82, 2.24) is 0 Å². The molecule has 18 heavy (non-hydrogen) atoms. The summed E-state index contributed by atoms with van der Waals surface area (Å²) in [7, 11) is 0. The molecule has 98 valence electrons. The molecule has 1 aliphatic carbocycles. The van der Waals surface area contributed by atoms with Crippen LogP contribution in [-0.4, -0.2) is 32.1 Å². The quantitative estimate of drug-likeness (QED) is 0.360. The van der Waals surface area contributed by atoms with Crippen molar-refractivity contribution < 1.29 is 83.4 Å². The summed E-state index contributed by atoms with van der Waals surface area (Å²) in [5.74, 6) is -4.20. The van der Waals surface area contributed by atoms with Crippen LogP contribution in [0, 0.1) is 5.41 Å². The molecule has 0 spiro atoms. The first-order valence-corrected chi connectivity index (χ1v) is 5.35. The molecule has 0 aromatic heterocycles. The van der Waals surface area contributed by atoms with Gasteiger partial charge in [0, 0.05) is 0 Å². The Morgan fingerprint density at radius 1 is 1.17 bits per heavy atom. The Hall–Kier alpha value is 0.431. The normalized spacial score (nSPS) is 20.6. The zero-order valence-corrected chi connectivity index (χ0v) is 13.7. The Morgan fingerprint density at radius 2 is 1.56 bits per heavy atom. The van der Waals surface area contributed by atoms with Gasteiger partial charge in [0.05, 0.1) is 13.2 Å². The third-order valence-corrected chi connectivity index (χ3v) is 2.75. The Kier molecular flexibility index (Phi) is 6.90. The van der Waals surface area contributed by atoms with Crippen molar-refractivity contribution >= 4 is 18.9 Å². The smallest absolute Gasteiger partial charge is 0.465 e. The fourth-order valence-electron chi connectivity index (χ4n) is 1.82. The molecular formula is C9H13BF3KO4. The minimum atomic E-state index is -5.25. The molecule has 1 fully saturated rings. The first-order valence-electron chi connectivity index (χ1n) is 5.35. The van der Waals surface area contributed by atoms with Crippen LogP contribution in [0.5, 0.6) is 0 Å². The molecule has 1 unspecified atom stereocenters. The number of hydrogen-bond acceptors (Lipinski definition) is 4. The van der Waals surface area contributed by atoms with E-state index in [2.05, 4.69) is 9.47 Å². The third-order valence-electron chi connectivity index (χ3n) is 2.75. The Balaban J connectivity index is 0.00000289. The van der Waals surface area contributed by atoms with Crippen molar-refractivity contribution in [2.24, 2.45) is 5.41 Å². The van der Waals surface area contributed by atoms with Crippen LogP contribution in [0.1, 0.15) is 20.3 Å². The van der Waals surface area contributed by atoms with Gasteiger partial charge in [-0.25, -0.2) is 0 Å². The average Bonchev–Trinajstić information content (AvgIpc) is 2.94. The first kappa shape index (κ1) is 18.4. The molecule has 4 nitrogen and oxygen atoms in total. The van der Waals surface area contributed by atoms with Crippen LogP contribution >= 0.6 is 0 Å². The number of hydrogen-bond donors (Lipinski definition) is 0. The van der Waals surface area contributed by atoms with Gasteiger partial charge in [0.25, 0.3) is 0 Å². The first-order chi connectivity index (χ1) is 7.80. The van der Waals surface area contributed by atoms with Gasteiger partial charge in [-0.1, -0.05) is 0 Å². The Bertz CT molecular complexity index is 316. The van der Waals surface area contributed by atoms with E-state index in [9.17, 15) is 22.5 Å². The van der Waals surface area contributed by atoms with Gasteiger partial charge in [-0.3, -0.25) is 9.59 Å². The second-order valence-corrected chi connectivity index (χ2v) is 3.85. The average molecular weight is 292 g/mol. The van der Waals surface area contributed by atoms with E-state index in [1.807, 2.05) is 0 Å². The molecule has 0 heterocycles. The van der Waals surface area contributed by atoms with Crippen LogP contribution in [0.2, 0.25) is 5.82 Å². The van der Waals surface area contributed by atoms with E-state index in [-0.39, 0.29) is 64.6 Å². The van der Waals surface area contributed by atoms with Gasteiger partial charge < -0.3 is 22.4 Å². The van der Waals surface area contributed by atoms with Gasteiger partial charge in [-0.2, -0.15) is 0 Å². The molecule has 1 aliphatic rings. The zero-order valence-electron chi connectivity index (χ0n) is 10.5. The molecule has 1 saturated carbocycles. The van der Waals surface area contributed by atoms with Crippen LogP contribution in [0.3, 0.4) is 0 Å². The van der Waals surface area contributed by atoms with Crippen LogP contribution in [0.15, 0.2) is 0 Å². The fraction of sp³-hybridized carbons (Fsp3) is 0.778. The van der Waals surface area contributed by atoms with Crippen LogP contribution in [0.4, 0.5) is 12.9 Å². The van der Waals surface area contributed by atoms with Gasteiger partial charge in [0.1, 0.15) is 5.41 Å². The van der Waals surface area contributed by atoms with Crippen molar-refractivity contribution in [2.75, 3.05) is 13.2 Å². The second kappa shape index (κ2) is 6.74. The SMILES string of the molecule is CCOC(=O)C1(C(=O)OCC)CC1[B-](F)(F)F.[K+]. The number of esters is 2. The molecule has 0 aliphatic heterocycles. The van der Waals surface area contributed by atoms with E-state index < -0.39 is 36.6 Å². The summed E-state index contributed by atoms with van der Waals surface area (Å²) in [5.41, 5.74) is -2.15. The summed E-state index contributed by atoms with van der Waals surface area (Å²) in [4.78, 5) is 23.0. The molecule has 9 heteroatoms. The summed E-state index contributed by atoms with van der Waals surface area (Å²) in [6.45, 7) is -2.46. The fourth-order valence-corrected chi connectivity index (χ4v) is 1.82. The van der Waals surface area contributed by atoms with E-state index in [4.69, 9.17) is 0 Å². The second-order valence-electron chi connectivity index (χ2n) is 3.85. The Labute approximate surface area is 145 Å². The van der Waals surface area contributed by atoms with Crippen molar-refractivity contribution in [2.45, 2.75) is 26.1 Å². The number of ether oxygens (including phenoxy) is 2. The van der Waals surface area contributed by atoms with E-state index in [1.54, 1.807) is 0 Å². The number of carbonyl (C=O) groups excluding carboxylic acids is 2. The van der Waals surface area contributed by atoms with Gasteiger partial charge in [-0.05, 0) is 26.1 Å². The van der Waals surface area contributed by atoms with Crippen molar-refractivity contribution in [3.05, 3.63) is 0 Å². The maximum Gasteiger partial charge on any atom is 1.00 e. The maximum absolute atomic E-state index is 12.6. The summed E-state index contributed by atoms with van der Waals surface area (Å²) >= 11 is 0. The summed E-state index contributed by atoms with van der Waals surface area (Å²) < 4.78 is 46.8. The molecule has 0 radical (unpaired) electrons. The Morgan fingerprint density at radius 3 is 1.78 bits per heavy atom. The minimum absolute atomic E-state index is 0.